The Morgan fingerprint density at radius 1 is 1.32 bits per heavy atom. The first-order valence-electron chi connectivity index (χ1n) is 6.87. The van der Waals surface area contributed by atoms with Crippen LogP contribution in [-0.4, -0.2) is 26.8 Å². The van der Waals surface area contributed by atoms with Gasteiger partial charge in [-0.25, -0.2) is 4.99 Å². The number of hydrogen-bond acceptors (Lipinski definition) is 3. The summed E-state index contributed by atoms with van der Waals surface area (Å²) in [6.07, 6.45) is 1.94. The highest BCUT2D eigenvalue weighted by atomic mass is 16.5. The number of benzene rings is 2. The molecule has 0 aromatic heterocycles. The van der Waals surface area contributed by atoms with Gasteiger partial charge in [0.25, 0.3) is 0 Å². The van der Waals surface area contributed by atoms with Crippen LogP contribution in [0.25, 0.3) is 16.5 Å². The van der Waals surface area contributed by atoms with Gasteiger partial charge in [-0.2, -0.15) is 0 Å². The molecule has 3 N–H and O–H groups in total. The zero-order valence-electron chi connectivity index (χ0n) is 13.1. The van der Waals surface area contributed by atoms with Crippen molar-refractivity contribution in [1.82, 2.24) is 5.32 Å². The maximum atomic E-state index is 6.19. The molecule has 0 amide bonds. The van der Waals surface area contributed by atoms with Gasteiger partial charge in [-0.1, -0.05) is 12.1 Å². The number of aliphatic imine (C=N–C) groups is 2. The fraction of sp³-hybridized carbons (Fsp3) is 0.176. The molecule has 0 spiro atoms. The van der Waals surface area contributed by atoms with Crippen LogP contribution in [0.2, 0.25) is 0 Å². The third-order valence-corrected chi connectivity index (χ3v) is 3.40. The van der Waals surface area contributed by atoms with E-state index in [1.807, 2.05) is 37.3 Å². The lowest BCUT2D eigenvalue weighted by atomic mass is 10.0. The quantitative estimate of drug-likeness (QED) is 0.519. The average molecular weight is 296 g/mol. The molecular weight excluding hydrogens is 276 g/mol. The largest absolute Gasteiger partial charge is 0.497 e. The summed E-state index contributed by atoms with van der Waals surface area (Å²) in [5.74, 6) is 1.24. The lowest BCUT2D eigenvalue weighted by molar-refractivity contribution is 0.415. The van der Waals surface area contributed by atoms with E-state index < -0.39 is 0 Å². The number of rotatable bonds is 3. The molecule has 0 aliphatic carbocycles. The summed E-state index contributed by atoms with van der Waals surface area (Å²) in [5.41, 5.74) is 8.71. The van der Waals surface area contributed by atoms with Gasteiger partial charge in [0.15, 0.2) is 0 Å². The molecule has 22 heavy (non-hydrogen) atoms. The Bertz CT molecular complexity index is 763. The first-order valence-corrected chi connectivity index (χ1v) is 6.87. The number of ether oxygens (including phenoxy) is 1. The van der Waals surface area contributed by atoms with Crippen molar-refractivity contribution in [3.8, 4) is 5.75 Å². The third-order valence-electron chi connectivity index (χ3n) is 3.40. The van der Waals surface area contributed by atoms with Crippen LogP contribution >= 0.6 is 0 Å². The van der Waals surface area contributed by atoms with Gasteiger partial charge in [-0.3, -0.25) is 4.99 Å². The molecule has 0 fully saturated rings. The summed E-state index contributed by atoms with van der Waals surface area (Å²) in [5, 5.41) is 5.14. The molecule has 0 saturated heterocycles. The first-order chi connectivity index (χ1) is 10.6. The molecule has 0 aliphatic rings. The molecule has 0 radical (unpaired) electrons. The Hall–Kier alpha value is -2.82. The molecule has 5 heteroatoms. The Labute approximate surface area is 130 Å². The van der Waals surface area contributed by atoms with Crippen molar-refractivity contribution in [1.29, 1.82) is 0 Å². The molecule has 0 heterocycles. The number of fused-ring (bicyclic) bond motifs is 1. The summed E-state index contributed by atoms with van der Waals surface area (Å²) in [7, 11) is 3.30. The fourth-order valence-corrected chi connectivity index (χ4v) is 2.25. The van der Waals surface area contributed by atoms with Gasteiger partial charge in [0.05, 0.1) is 7.11 Å². The third kappa shape index (κ3) is 3.09. The molecule has 2 aromatic rings. The van der Waals surface area contributed by atoms with Gasteiger partial charge >= 0.3 is 0 Å². The van der Waals surface area contributed by atoms with E-state index >= 15 is 0 Å². The summed E-state index contributed by atoms with van der Waals surface area (Å²) < 4.78 is 5.24. The smallest absolute Gasteiger partial charge is 0.221 e. The number of nitrogen functional groups attached to an aromatic ring is 1. The van der Waals surface area contributed by atoms with Crippen LogP contribution < -0.4 is 15.8 Å². The predicted molar refractivity (Wildman–Crippen MR) is 94.6 cm³/mol. The number of methoxy groups -OCH3 is 1. The summed E-state index contributed by atoms with van der Waals surface area (Å²) in [6, 6.07) is 9.81. The minimum absolute atomic E-state index is 0.460. The number of nitrogens with one attached hydrogen (secondary N) is 1. The lowest BCUT2D eigenvalue weighted by Gasteiger charge is -2.13. The van der Waals surface area contributed by atoms with Crippen LogP contribution in [0.5, 0.6) is 5.75 Å². The highest BCUT2D eigenvalue weighted by Crippen LogP contribution is 2.29. The Morgan fingerprint density at radius 2 is 2.09 bits per heavy atom. The maximum Gasteiger partial charge on any atom is 0.221 e. The minimum atomic E-state index is 0.460. The van der Waals surface area contributed by atoms with E-state index in [0.717, 1.165) is 27.8 Å². The van der Waals surface area contributed by atoms with E-state index in [0.29, 0.717) is 11.6 Å². The standard InChI is InChI=1S/C17H20N4O/c1-5-16(21-17(19-2)20-3)12-8-11-6-7-13(22-4)10-14(11)15(18)9-12/h5-10H,2,18H2,1,3-4H3,(H,20,21)/b16-5-. The Morgan fingerprint density at radius 3 is 2.68 bits per heavy atom. The fourth-order valence-electron chi connectivity index (χ4n) is 2.25. The van der Waals surface area contributed by atoms with Crippen molar-refractivity contribution in [2.75, 3.05) is 19.9 Å². The number of allylic oxidation sites excluding steroid dienone is 1. The zero-order valence-corrected chi connectivity index (χ0v) is 13.1. The molecular formula is C17H20N4O. The Balaban J connectivity index is 2.49. The van der Waals surface area contributed by atoms with Gasteiger partial charge in [0, 0.05) is 29.4 Å². The van der Waals surface area contributed by atoms with Gasteiger partial charge in [0.2, 0.25) is 5.96 Å². The summed E-state index contributed by atoms with van der Waals surface area (Å²) in [6.45, 7) is 5.43. The maximum absolute atomic E-state index is 6.19. The number of anilines is 1. The molecule has 0 bridgehead atoms. The number of nitrogens with two attached hydrogens (primary N) is 1. The van der Waals surface area contributed by atoms with E-state index in [1.54, 1.807) is 14.2 Å². The minimum Gasteiger partial charge on any atom is -0.497 e. The van der Waals surface area contributed by atoms with E-state index in [4.69, 9.17) is 10.5 Å². The normalized spacial score (nSPS) is 12.3. The van der Waals surface area contributed by atoms with Crippen LogP contribution in [-0.2, 0) is 0 Å². The van der Waals surface area contributed by atoms with Crippen molar-refractivity contribution >= 4 is 34.8 Å². The average Bonchev–Trinajstić information content (AvgIpc) is 2.55. The van der Waals surface area contributed by atoms with E-state index in [-0.39, 0.29) is 0 Å². The monoisotopic (exact) mass is 296 g/mol. The molecule has 2 rings (SSSR count). The molecule has 0 saturated carbocycles. The molecule has 2 aromatic carbocycles. The lowest BCUT2D eigenvalue weighted by Crippen LogP contribution is -2.19. The second-order valence-corrected chi connectivity index (χ2v) is 4.69. The SMILES string of the molecule is C=NC(=NC)N/C(=C\C)c1cc(N)c2cc(OC)ccc2c1. The van der Waals surface area contributed by atoms with Crippen molar-refractivity contribution in [3.05, 3.63) is 42.0 Å². The highest BCUT2D eigenvalue weighted by Gasteiger charge is 2.08. The molecule has 0 atom stereocenters. The topological polar surface area (TPSA) is 72.0 Å². The van der Waals surface area contributed by atoms with Crippen LogP contribution in [0.3, 0.4) is 0 Å². The summed E-state index contributed by atoms with van der Waals surface area (Å²) >= 11 is 0. The molecule has 114 valence electrons. The van der Waals surface area contributed by atoms with Crippen LogP contribution in [0.1, 0.15) is 12.5 Å². The first kappa shape index (κ1) is 15.6. The number of guanidine groups is 1. The van der Waals surface area contributed by atoms with Crippen molar-refractivity contribution in [2.24, 2.45) is 9.98 Å². The molecule has 0 unspecified atom stereocenters. The zero-order chi connectivity index (χ0) is 16.1. The van der Waals surface area contributed by atoms with Gasteiger partial charge in [0.1, 0.15) is 5.75 Å². The van der Waals surface area contributed by atoms with E-state index in [9.17, 15) is 0 Å². The van der Waals surface area contributed by atoms with Crippen LogP contribution in [0.4, 0.5) is 5.69 Å². The predicted octanol–water partition coefficient (Wildman–Crippen LogP) is 3.07. The van der Waals surface area contributed by atoms with Crippen molar-refractivity contribution in [3.63, 3.8) is 0 Å². The van der Waals surface area contributed by atoms with Gasteiger partial charge < -0.3 is 15.8 Å². The van der Waals surface area contributed by atoms with Crippen molar-refractivity contribution < 1.29 is 4.74 Å². The second-order valence-electron chi connectivity index (χ2n) is 4.69. The van der Waals surface area contributed by atoms with Gasteiger partial charge in [-0.05, 0) is 43.3 Å². The highest BCUT2D eigenvalue weighted by molar-refractivity contribution is 5.98. The molecule has 5 nitrogen and oxygen atoms in total. The number of nitrogens with zero attached hydrogens (tertiary/aromatic N) is 2. The van der Waals surface area contributed by atoms with Crippen LogP contribution in [0, 0.1) is 0 Å². The van der Waals surface area contributed by atoms with Crippen LogP contribution in [0.15, 0.2) is 46.4 Å². The Kier molecular flexibility index (Phi) is 4.78. The summed E-state index contributed by atoms with van der Waals surface area (Å²) in [4.78, 5) is 7.84. The van der Waals surface area contributed by atoms with Gasteiger partial charge in [-0.15, -0.1) is 0 Å². The molecule has 0 aliphatic heterocycles. The second kappa shape index (κ2) is 6.76. The number of hydrogen-bond donors (Lipinski definition) is 2. The van der Waals surface area contributed by atoms with Crippen molar-refractivity contribution in [2.45, 2.75) is 6.92 Å². The van der Waals surface area contributed by atoms with E-state index in [1.165, 1.54) is 0 Å². The van der Waals surface area contributed by atoms with E-state index in [2.05, 4.69) is 28.1 Å².